The number of aliphatic hydroxyl groups is 1. The highest BCUT2D eigenvalue weighted by atomic mass is 32.1. The van der Waals surface area contributed by atoms with Crippen LogP contribution in [0.15, 0.2) is 17.1 Å². The topological polar surface area (TPSA) is 112 Å². The molecule has 2 saturated heterocycles. The van der Waals surface area contributed by atoms with E-state index in [1.165, 1.54) is 23.8 Å². The zero-order valence-electron chi connectivity index (χ0n) is 14.2. The number of ether oxygens (including phenoxy) is 1. The largest absolute Gasteiger partial charge is 0.475 e. The minimum atomic E-state index is -3.78. The highest BCUT2D eigenvalue weighted by Crippen LogP contribution is 2.60. The van der Waals surface area contributed by atoms with E-state index in [2.05, 4.69) is 4.98 Å². The van der Waals surface area contributed by atoms with Gasteiger partial charge in [-0.1, -0.05) is 12.8 Å². The summed E-state index contributed by atoms with van der Waals surface area (Å²) in [5.74, 6) is 0. The molecule has 4 rings (SSSR count). The first-order chi connectivity index (χ1) is 12.3. The molecule has 1 saturated carbocycles. The fourth-order valence-corrected chi connectivity index (χ4v) is 5.68. The van der Waals surface area contributed by atoms with Gasteiger partial charge in [0.1, 0.15) is 17.8 Å². The van der Waals surface area contributed by atoms with E-state index >= 15 is 0 Å². The van der Waals surface area contributed by atoms with Gasteiger partial charge in [-0.05, 0) is 32.0 Å². The number of fused-ring (bicyclic) bond motifs is 1. The second kappa shape index (κ2) is 6.63. The van der Waals surface area contributed by atoms with Crippen LogP contribution in [0.3, 0.4) is 0 Å². The van der Waals surface area contributed by atoms with Gasteiger partial charge >= 0.3 is 7.82 Å². The summed E-state index contributed by atoms with van der Waals surface area (Å²) in [6.45, 7) is 1.48. The fraction of sp³-hybridized carbons (Fsp3) is 0.733. The van der Waals surface area contributed by atoms with Gasteiger partial charge in [0.05, 0.1) is 12.7 Å². The highest BCUT2D eigenvalue weighted by Gasteiger charge is 2.60. The molecule has 0 amide bonds. The van der Waals surface area contributed by atoms with Crippen LogP contribution in [0.25, 0.3) is 0 Å². The number of hydrogen-bond donors (Lipinski definition) is 2. The van der Waals surface area contributed by atoms with Gasteiger partial charge in [-0.15, -0.1) is 0 Å². The number of nitrogens with one attached hydrogen (secondary N) is 1. The zero-order chi connectivity index (χ0) is 18.5. The summed E-state index contributed by atoms with van der Waals surface area (Å²) in [5, 5.41) is 11.0. The van der Waals surface area contributed by atoms with Gasteiger partial charge in [0.25, 0.3) is 5.56 Å². The Morgan fingerprint density at radius 3 is 2.88 bits per heavy atom. The minimum absolute atomic E-state index is 0.0298. The summed E-state index contributed by atoms with van der Waals surface area (Å²) in [5.41, 5.74) is -1.91. The molecule has 5 atom stereocenters. The van der Waals surface area contributed by atoms with Crippen LogP contribution in [0, 0.1) is 4.77 Å². The maximum absolute atomic E-state index is 12.9. The Bertz CT molecular complexity index is 847. The second-order valence-electron chi connectivity index (χ2n) is 7.05. The van der Waals surface area contributed by atoms with E-state index in [4.69, 9.17) is 30.5 Å². The van der Waals surface area contributed by atoms with Crippen molar-refractivity contribution in [3.8, 4) is 0 Å². The van der Waals surface area contributed by atoms with Gasteiger partial charge in [-0.2, -0.15) is 0 Å². The molecular weight excluding hydrogens is 383 g/mol. The van der Waals surface area contributed by atoms with Crippen LogP contribution >= 0.6 is 20.0 Å². The van der Waals surface area contributed by atoms with Crippen molar-refractivity contribution in [2.45, 2.75) is 62.7 Å². The van der Waals surface area contributed by atoms with Crippen LogP contribution in [0.1, 0.15) is 38.8 Å². The summed E-state index contributed by atoms with van der Waals surface area (Å²) in [6.07, 6.45) is 2.46. The predicted octanol–water partition coefficient (Wildman–Crippen LogP) is 2.04. The summed E-state index contributed by atoms with van der Waals surface area (Å²) in [4.78, 5) is 13.9. The molecule has 1 aromatic rings. The number of aromatic amines is 1. The third-order valence-corrected chi connectivity index (χ3v) is 6.86. The normalized spacial score (nSPS) is 40.6. The van der Waals surface area contributed by atoms with Crippen molar-refractivity contribution in [2.24, 2.45) is 0 Å². The van der Waals surface area contributed by atoms with Crippen molar-refractivity contribution in [1.29, 1.82) is 0 Å². The summed E-state index contributed by atoms with van der Waals surface area (Å²) in [7, 11) is -3.78. The molecule has 1 aromatic heterocycles. The molecule has 2 N–H and O–H groups in total. The Morgan fingerprint density at radius 1 is 1.46 bits per heavy atom. The van der Waals surface area contributed by atoms with Crippen molar-refractivity contribution < 1.29 is 28.0 Å². The van der Waals surface area contributed by atoms with E-state index in [9.17, 15) is 14.5 Å². The van der Waals surface area contributed by atoms with Crippen molar-refractivity contribution in [2.75, 3.05) is 6.61 Å². The predicted molar refractivity (Wildman–Crippen MR) is 92.2 cm³/mol. The molecule has 0 aromatic carbocycles. The maximum atomic E-state index is 12.9. The average Bonchev–Trinajstić information content (AvgIpc) is 3.14. The molecule has 3 heterocycles. The van der Waals surface area contributed by atoms with Crippen LogP contribution in [0.4, 0.5) is 0 Å². The molecule has 0 bridgehead atoms. The quantitative estimate of drug-likeness (QED) is 0.581. The van der Waals surface area contributed by atoms with Crippen molar-refractivity contribution in [3.63, 3.8) is 0 Å². The van der Waals surface area contributed by atoms with Gasteiger partial charge < -0.3 is 9.84 Å². The zero-order valence-corrected chi connectivity index (χ0v) is 15.9. The lowest BCUT2D eigenvalue weighted by Gasteiger charge is -2.35. The first-order valence-electron chi connectivity index (χ1n) is 8.59. The van der Waals surface area contributed by atoms with Crippen LogP contribution in [0.5, 0.6) is 0 Å². The molecule has 144 valence electrons. The molecule has 0 radical (unpaired) electrons. The van der Waals surface area contributed by atoms with Crippen LogP contribution < -0.4 is 5.56 Å². The van der Waals surface area contributed by atoms with E-state index in [0.29, 0.717) is 0 Å². The van der Waals surface area contributed by atoms with Crippen LogP contribution in [-0.4, -0.2) is 45.2 Å². The Morgan fingerprint density at radius 2 is 2.19 bits per heavy atom. The molecule has 1 aliphatic carbocycles. The Balaban J connectivity index is 1.58. The lowest BCUT2D eigenvalue weighted by Crippen LogP contribution is -2.48. The maximum Gasteiger partial charge on any atom is 0.475 e. The van der Waals surface area contributed by atoms with Gasteiger partial charge in [-0.25, -0.2) is 4.57 Å². The number of hydrogen-bond acceptors (Lipinski definition) is 8. The van der Waals surface area contributed by atoms with Crippen molar-refractivity contribution >= 4 is 20.0 Å². The van der Waals surface area contributed by atoms with E-state index < -0.39 is 31.9 Å². The molecule has 5 unspecified atom stereocenters. The molecule has 11 heteroatoms. The lowest BCUT2D eigenvalue weighted by molar-refractivity contribution is -0.0942. The van der Waals surface area contributed by atoms with Crippen molar-refractivity contribution in [1.82, 2.24) is 9.55 Å². The van der Waals surface area contributed by atoms with Gasteiger partial charge in [0.2, 0.25) is 0 Å². The number of phosphoric acid groups is 1. The molecular formula is C15H21N2O7PS. The fourth-order valence-electron chi connectivity index (χ4n) is 3.72. The van der Waals surface area contributed by atoms with Crippen LogP contribution in [-0.2, 0) is 22.9 Å². The van der Waals surface area contributed by atoms with E-state index in [-0.39, 0.29) is 23.0 Å². The first kappa shape index (κ1) is 18.5. The standard InChI is InChI=1S/C15H21N2O7PS/c1-15(19)12-10(22-13(15)17-7-6-11(18)16-14(17)26)8-21-25(20,24-12)23-9-4-2-3-5-9/h6-7,9-10,12-13,19H,2-5,8H2,1H3,(H,16,18,26). The molecule has 26 heavy (non-hydrogen) atoms. The molecule has 3 fully saturated rings. The minimum Gasteiger partial charge on any atom is -0.383 e. The van der Waals surface area contributed by atoms with Gasteiger partial charge in [0.15, 0.2) is 11.0 Å². The van der Waals surface area contributed by atoms with Gasteiger partial charge in [0, 0.05) is 12.3 Å². The number of aromatic nitrogens is 2. The summed E-state index contributed by atoms with van der Waals surface area (Å²) >= 11 is 5.15. The average molecular weight is 404 g/mol. The lowest BCUT2D eigenvalue weighted by atomic mass is 9.96. The third-order valence-electron chi connectivity index (χ3n) is 5.04. The van der Waals surface area contributed by atoms with E-state index in [1.807, 2.05) is 0 Å². The van der Waals surface area contributed by atoms with Gasteiger partial charge in [-0.3, -0.25) is 27.9 Å². The van der Waals surface area contributed by atoms with Crippen molar-refractivity contribution in [3.05, 3.63) is 27.4 Å². The first-order valence-corrected chi connectivity index (χ1v) is 10.5. The number of rotatable bonds is 3. The summed E-state index contributed by atoms with van der Waals surface area (Å²) < 4.78 is 36.8. The Kier molecular flexibility index (Phi) is 4.71. The van der Waals surface area contributed by atoms with E-state index in [0.717, 1.165) is 25.7 Å². The summed E-state index contributed by atoms with van der Waals surface area (Å²) in [6, 6.07) is 1.28. The van der Waals surface area contributed by atoms with E-state index in [1.54, 1.807) is 0 Å². The monoisotopic (exact) mass is 404 g/mol. The number of phosphoric ester groups is 1. The SMILES string of the molecule is CC1(O)C2OP(=O)(OC3CCCC3)OCC2OC1n1ccc(=O)[nH]c1=S. The molecule has 3 aliphatic rings. The van der Waals surface area contributed by atoms with Crippen LogP contribution in [0.2, 0.25) is 0 Å². The molecule has 2 aliphatic heterocycles. The Labute approximate surface area is 154 Å². The second-order valence-corrected chi connectivity index (χ2v) is 9.01. The highest BCUT2D eigenvalue weighted by molar-refractivity contribution is 7.71. The molecule has 0 spiro atoms. The third kappa shape index (κ3) is 3.24. The number of H-pyrrole nitrogens is 1. The number of nitrogens with zero attached hydrogens (tertiary/aromatic N) is 1. The Hall–Kier alpha value is -0.870. The smallest absolute Gasteiger partial charge is 0.383 e. The molecule has 9 nitrogen and oxygen atoms in total.